The van der Waals surface area contributed by atoms with Gasteiger partial charge < -0.3 is 14.2 Å². The maximum atomic E-state index is 12.8. The Morgan fingerprint density at radius 1 is 0.837 bits per heavy atom. The number of allylic oxidation sites excluding steroid dienone is 1. The molecule has 1 N–H and O–H groups in total. The SMILES string of the molecule is CC(C)N1CCN(c2ccc(/C(=C(/CCCO)c3ccccc3)c3ccc(OS(=O)(=O)C(F)(F)F)cc3)cc2)CC1.Cl.Cl. The number of nitrogens with zero attached hydrogens (tertiary/aromatic N) is 2. The van der Waals surface area contributed by atoms with Gasteiger partial charge in [0.05, 0.1) is 0 Å². The van der Waals surface area contributed by atoms with Crippen LogP contribution in [0.25, 0.3) is 11.1 Å². The van der Waals surface area contributed by atoms with Gasteiger partial charge in [-0.05, 0) is 78.8 Å². The molecule has 3 aromatic rings. The largest absolute Gasteiger partial charge is 0.534 e. The minimum absolute atomic E-state index is 0. The lowest BCUT2D eigenvalue weighted by Crippen LogP contribution is -2.48. The van der Waals surface area contributed by atoms with Crippen LogP contribution in [0.4, 0.5) is 18.9 Å². The molecule has 0 spiro atoms. The van der Waals surface area contributed by atoms with Crippen LogP contribution in [0.2, 0.25) is 0 Å². The lowest BCUT2D eigenvalue weighted by Gasteiger charge is -2.38. The minimum Gasteiger partial charge on any atom is -0.396 e. The molecular formula is C31H37Cl2F3N2O4S. The maximum absolute atomic E-state index is 12.8. The van der Waals surface area contributed by atoms with E-state index in [0.29, 0.717) is 24.4 Å². The Hall–Kier alpha value is -2.76. The van der Waals surface area contributed by atoms with Crippen molar-refractivity contribution in [3.05, 3.63) is 95.6 Å². The summed E-state index contributed by atoms with van der Waals surface area (Å²) in [6.07, 6.45) is 1.06. The molecule has 3 aromatic carbocycles. The third-order valence-electron chi connectivity index (χ3n) is 7.21. The van der Waals surface area contributed by atoms with Gasteiger partial charge in [-0.2, -0.15) is 21.6 Å². The summed E-state index contributed by atoms with van der Waals surface area (Å²) in [5.41, 5.74) is -0.107. The van der Waals surface area contributed by atoms with Gasteiger partial charge >= 0.3 is 15.6 Å². The Balaban J connectivity index is 0.00000323. The van der Waals surface area contributed by atoms with Gasteiger partial charge in [0.25, 0.3) is 0 Å². The monoisotopic (exact) mass is 660 g/mol. The van der Waals surface area contributed by atoms with Crippen molar-refractivity contribution in [3.8, 4) is 5.75 Å². The predicted octanol–water partition coefficient (Wildman–Crippen LogP) is 7.02. The van der Waals surface area contributed by atoms with Gasteiger partial charge in [-0.1, -0.05) is 54.6 Å². The maximum Gasteiger partial charge on any atom is 0.534 e. The standard InChI is InChI=1S/C31H35F3N2O4S.2ClH/c1-23(2)35-18-20-36(21-19-35)27-14-10-25(11-15-27)30(29(9-6-22-37)24-7-4-3-5-8-24)26-12-16-28(17-13-26)40-41(38,39)31(32,33)34;;/h3-5,7-8,10-17,23,37H,6,9,18-22H2,1-2H3;2*1H/b30-29+;;. The number of rotatable bonds is 10. The summed E-state index contributed by atoms with van der Waals surface area (Å²) in [6.45, 7) is 8.22. The quantitative estimate of drug-likeness (QED) is 0.143. The van der Waals surface area contributed by atoms with Gasteiger partial charge in [-0.15, -0.1) is 24.8 Å². The van der Waals surface area contributed by atoms with Crippen molar-refractivity contribution in [1.29, 1.82) is 0 Å². The number of benzene rings is 3. The van der Waals surface area contributed by atoms with E-state index in [0.717, 1.165) is 54.1 Å². The number of aliphatic hydroxyl groups is 1. The average Bonchev–Trinajstić information content (AvgIpc) is 2.96. The zero-order valence-electron chi connectivity index (χ0n) is 24.0. The lowest BCUT2D eigenvalue weighted by molar-refractivity contribution is -0.0500. The summed E-state index contributed by atoms with van der Waals surface area (Å²) in [5, 5.41) is 9.63. The molecule has 0 aromatic heterocycles. The first-order valence-corrected chi connectivity index (χ1v) is 15.0. The number of aliphatic hydroxyl groups excluding tert-OH is 1. The normalized spacial score (nSPS) is 14.9. The van der Waals surface area contributed by atoms with E-state index in [1.807, 2.05) is 42.5 Å². The first-order chi connectivity index (χ1) is 19.5. The van der Waals surface area contributed by atoms with Gasteiger partial charge in [0, 0.05) is 44.5 Å². The van der Waals surface area contributed by atoms with Crippen LogP contribution in [0.1, 0.15) is 43.4 Å². The summed E-state index contributed by atoms with van der Waals surface area (Å²) in [5.74, 6) is -0.432. The molecule has 1 aliphatic rings. The number of anilines is 1. The third kappa shape index (κ3) is 9.12. The zero-order valence-corrected chi connectivity index (χ0v) is 26.4. The summed E-state index contributed by atoms with van der Waals surface area (Å²) in [4.78, 5) is 4.80. The summed E-state index contributed by atoms with van der Waals surface area (Å²) in [6, 6.07) is 24.0. The topological polar surface area (TPSA) is 70.1 Å². The molecule has 12 heteroatoms. The second kappa shape index (κ2) is 15.8. The van der Waals surface area contributed by atoms with Crippen molar-refractivity contribution in [1.82, 2.24) is 4.90 Å². The Bertz CT molecular complexity index is 1430. The van der Waals surface area contributed by atoms with E-state index in [-0.39, 0.29) is 31.4 Å². The van der Waals surface area contributed by atoms with Crippen molar-refractivity contribution in [2.45, 2.75) is 38.2 Å². The van der Waals surface area contributed by atoms with E-state index in [9.17, 15) is 26.7 Å². The lowest BCUT2D eigenvalue weighted by atomic mass is 9.87. The molecule has 236 valence electrons. The zero-order chi connectivity index (χ0) is 29.6. The summed E-state index contributed by atoms with van der Waals surface area (Å²) in [7, 11) is -5.78. The van der Waals surface area contributed by atoms with Crippen molar-refractivity contribution >= 4 is 51.8 Å². The molecule has 0 unspecified atom stereocenters. The van der Waals surface area contributed by atoms with Crippen molar-refractivity contribution in [2.75, 3.05) is 37.7 Å². The number of hydrogen-bond acceptors (Lipinski definition) is 6. The summed E-state index contributed by atoms with van der Waals surface area (Å²) < 4.78 is 65.8. The Morgan fingerprint density at radius 3 is 1.86 bits per heavy atom. The van der Waals surface area contributed by atoms with Crippen LogP contribution < -0.4 is 9.08 Å². The van der Waals surface area contributed by atoms with E-state index >= 15 is 0 Å². The Morgan fingerprint density at radius 2 is 1.37 bits per heavy atom. The van der Waals surface area contributed by atoms with Crippen LogP contribution in [-0.4, -0.2) is 62.8 Å². The number of piperazine rings is 1. The molecule has 0 atom stereocenters. The van der Waals surface area contributed by atoms with Gasteiger partial charge in [-0.25, -0.2) is 0 Å². The van der Waals surface area contributed by atoms with Crippen LogP contribution in [0.15, 0.2) is 78.9 Å². The van der Waals surface area contributed by atoms with Gasteiger partial charge in [-0.3, -0.25) is 4.90 Å². The fourth-order valence-corrected chi connectivity index (χ4v) is 5.47. The molecule has 4 rings (SSSR count). The third-order valence-corrected chi connectivity index (χ3v) is 8.19. The Labute approximate surface area is 264 Å². The van der Waals surface area contributed by atoms with E-state index in [4.69, 9.17) is 0 Å². The summed E-state index contributed by atoms with van der Waals surface area (Å²) >= 11 is 0. The fourth-order valence-electron chi connectivity index (χ4n) is 5.01. The first kappa shape index (κ1) is 36.4. The second-order valence-corrected chi connectivity index (χ2v) is 11.8. The molecule has 0 radical (unpaired) electrons. The molecule has 1 fully saturated rings. The molecule has 1 heterocycles. The number of hydrogen-bond donors (Lipinski definition) is 1. The molecule has 6 nitrogen and oxygen atoms in total. The minimum atomic E-state index is -5.78. The highest BCUT2D eigenvalue weighted by Gasteiger charge is 2.48. The van der Waals surface area contributed by atoms with Crippen LogP contribution >= 0.6 is 24.8 Å². The predicted molar refractivity (Wildman–Crippen MR) is 171 cm³/mol. The fraction of sp³-hybridized carbons (Fsp3) is 0.355. The Kier molecular flexibility index (Phi) is 13.4. The highest BCUT2D eigenvalue weighted by atomic mass is 35.5. The molecule has 0 bridgehead atoms. The van der Waals surface area contributed by atoms with E-state index in [1.54, 1.807) is 12.1 Å². The molecular weight excluding hydrogens is 624 g/mol. The van der Waals surface area contributed by atoms with E-state index in [1.165, 1.54) is 12.1 Å². The molecule has 1 aliphatic heterocycles. The highest BCUT2D eigenvalue weighted by molar-refractivity contribution is 7.88. The average molecular weight is 662 g/mol. The second-order valence-electron chi connectivity index (χ2n) is 10.2. The molecule has 43 heavy (non-hydrogen) atoms. The highest BCUT2D eigenvalue weighted by Crippen LogP contribution is 2.37. The van der Waals surface area contributed by atoms with E-state index in [2.05, 4.69) is 40.0 Å². The van der Waals surface area contributed by atoms with Crippen LogP contribution in [0, 0.1) is 0 Å². The van der Waals surface area contributed by atoms with Crippen molar-refractivity contribution in [2.24, 2.45) is 0 Å². The first-order valence-electron chi connectivity index (χ1n) is 13.6. The van der Waals surface area contributed by atoms with Crippen LogP contribution in [-0.2, 0) is 10.1 Å². The van der Waals surface area contributed by atoms with Crippen LogP contribution in [0.3, 0.4) is 0 Å². The molecule has 0 aliphatic carbocycles. The van der Waals surface area contributed by atoms with Gasteiger partial charge in [0.1, 0.15) is 5.75 Å². The molecule has 0 amide bonds. The number of halogens is 5. The smallest absolute Gasteiger partial charge is 0.396 e. The van der Waals surface area contributed by atoms with Crippen LogP contribution in [0.5, 0.6) is 5.75 Å². The van der Waals surface area contributed by atoms with Crippen molar-refractivity contribution in [3.63, 3.8) is 0 Å². The van der Waals surface area contributed by atoms with Gasteiger partial charge in [0.2, 0.25) is 0 Å². The molecule has 1 saturated heterocycles. The molecule has 0 saturated carbocycles. The van der Waals surface area contributed by atoms with E-state index < -0.39 is 21.4 Å². The number of alkyl halides is 3. The van der Waals surface area contributed by atoms with Crippen molar-refractivity contribution < 1.29 is 30.9 Å². The van der Waals surface area contributed by atoms with Gasteiger partial charge in [0.15, 0.2) is 0 Å².